The van der Waals surface area contributed by atoms with Gasteiger partial charge in [0.1, 0.15) is 11.9 Å². The van der Waals surface area contributed by atoms with Gasteiger partial charge in [-0.25, -0.2) is 10.2 Å². The van der Waals surface area contributed by atoms with E-state index in [-0.39, 0.29) is 18.2 Å². The van der Waals surface area contributed by atoms with Crippen LogP contribution in [0.4, 0.5) is 18.9 Å². The number of hydrazine groups is 1. The number of halogens is 4. The SMILES string of the molecule is C=CC[C@@H]1N=C(c2ccc(Cl)cc2)c2cc(OC)ccc2N(C(C)C)C1NN.CC.CNCCCCCN.O=C(O)C(F)(F)F. The van der Waals surface area contributed by atoms with Crippen molar-refractivity contribution in [3.63, 3.8) is 0 Å². The molecule has 254 valence electrons. The Morgan fingerprint density at radius 3 is 2.22 bits per heavy atom. The average molecular weight is 659 g/mol. The number of nitrogens with zero attached hydrogens (tertiary/aromatic N) is 2. The summed E-state index contributed by atoms with van der Waals surface area (Å²) >= 11 is 6.11. The fourth-order valence-electron chi connectivity index (χ4n) is 4.30. The van der Waals surface area contributed by atoms with Crippen LogP contribution in [0.1, 0.15) is 64.5 Å². The van der Waals surface area contributed by atoms with E-state index in [4.69, 9.17) is 42.8 Å². The Labute approximate surface area is 270 Å². The molecule has 2 atom stereocenters. The minimum Gasteiger partial charge on any atom is -0.497 e. The van der Waals surface area contributed by atoms with Crippen LogP contribution in [0.5, 0.6) is 5.75 Å². The number of hydrogen-bond acceptors (Lipinski definition) is 8. The summed E-state index contributed by atoms with van der Waals surface area (Å²) in [7, 11) is 3.64. The van der Waals surface area contributed by atoms with Crippen LogP contribution in [0.15, 0.2) is 60.1 Å². The van der Waals surface area contributed by atoms with Gasteiger partial charge < -0.3 is 25.8 Å². The molecule has 0 spiro atoms. The predicted molar refractivity (Wildman–Crippen MR) is 179 cm³/mol. The lowest BCUT2D eigenvalue weighted by molar-refractivity contribution is -0.192. The molecule has 7 N–H and O–H groups in total. The van der Waals surface area contributed by atoms with E-state index in [0.29, 0.717) is 11.4 Å². The molecule has 13 heteroatoms. The van der Waals surface area contributed by atoms with Crippen LogP contribution < -0.4 is 32.0 Å². The summed E-state index contributed by atoms with van der Waals surface area (Å²) in [5.74, 6) is 4.03. The first-order valence-electron chi connectivity index (χ1n) is 14.9. The molecule has 2 aromatic rings. The van der Waals surface area contributed by atoms with Gasteiger partial charge in [0.05, 0.1) is 18.9 Å². The van der Waals surface area contributed by atoms with Crippen LogP contribution >= 0.6 is 11.6 Å². The number of nitrogens with two attached hydrogens (primary N) is 2. The molecule has 9 nitrogen and oxygen atoms in total. The molecule has 0 aromatic heterocycles. The largest absolute Gasteiger partial charge is 0.497 e. The fraction of sp³-hybridized carbons (Fsp3) is 0.500. The number of aliphatic carboxylic acids is 1. The predicted octanol–water partition coefficient (Wildman–Crippen LogP) is 6.14. The summed E-state index contributed by atoms with van der Waals surface area (Å²) in [6, 6.07) is 13.9. The number of methoxy groups -OCH3 is 1. The van der Waals surface area contributed by atoms with Gasteiger partial charge in [-0.15, -0.1) is 6.58 Å². The number of rotatable bonds is 11. The summed E-state index contributed by atoms with van der Waals surface area (Å²) in [5, 5.41) is 10.9. The molecule has 1 aliphatic rings. The first kappa shape index (κ1) is 41.8. The zero-order chi connectivity index (χ0) is 34.6. The Bertz CT molecular complexity index is 1160. The highest BCUT2D eigenvalue weighted by Crippen LogP contribution is 2.35. The quantitative estimate of drug-likeness (QED) is 0.0840. The second kappa shape index (κ2) is 22.4. The zero-order valence-corrected chi connectivity index (χ0v) is 27.9. The number of benzodiazepines with no additional fused rings is 1. The van der Waals surface area contributed by atoms with Crippen LogP contribution in [0.3, 0.4) is 0 Å². The van der Waals surface area contributed by atoms with Gasteiger partial charge in [-0.2, -0.15) is 13.2 Å². The maximum atomic E-state index is 10.6. The van der Waals surface area contributed by atoms with E-state index in [2.05, 4.69) is 42.1 Å². The number of carboxylic acid groups (broad SMARTS) is 1. The summed E-state index contributed by atoms with van der Waals surface area (Å²) < 4.78 is 37.2. The lowest BCUT2D eigenvalue weighted by atomic mass is 9.99. The van der Waals surface area contributed by atoms with Crippen molar-refractivity contribution in [2.45, 2.75) is 77.8 Å². The second-order valence-corrected chi connectivity index (χ2v) is 10.3. The van der Waals surface area contributed by atoms with Gasteiger partial charge >= 0.3 is 12.1 Å². The first-order chi connectivity index (χ1) is 21.4. The number of aliphatic imine (C=N–C) groups is 1. The number of fused-ring (bicyclic) bond motifs is 1. The molecule has 0 bridgehead atoms. The van der Waals surface area contributed by atoms with E-state index in [9.17, 15) is 13.2 Å². The first-order valence-corrected chi connectivity index (χ1v) is 15.3. The topological polar surface area (TPSA) is 138 Å². The van der Waals surface area contributed by atoms with E-state index < -0.39 is 12.1 Å². The molecule has 45 heavy (non-hydrogen) atoms. The minimum absolute atomic E-state index is 0.103. The third-order valence-corrected chi connectivity index (χ3v) is 6.57. The van der Waals surface area contributed by atoms with Gasteiger partial charge in [-0.05, 0) is 83.6 Å². The molecule has 1 unspecified atom stereocenters. The molecule has 3 rings (SSSR count). The van der Waals surface area contributed by atoms with Gasteiger partial charge in [0.25, 0.3) is 0 Å². The van der Waals surface area contributed by atoms with Crippen molar-refractivity contribution in [1.82, 2.24) is 10.7 Å². The number of nitrogens with one attached hydrogen (secondary N) is 2. The Morgan fingerprint density at radius 2 is 1.78 bits per heavy atom. The molecule has 0 amide bonds. The third kappa shape index (κ3) is 14.2. The number of ether oxygens (including phenoxy) is 1. The molecule has 1 aliphatic heterocycles. The van der Waals surface area contributed by atoms with Crippen LogP contribution in [0.2, 0.25) is 5.02 Å². The molecular formula is C32H50ClF3N6O3. The van der Waals surface area contributed by atoms with Crippen molar-refractivity contribution in [2.24, 2.45) is 16.6 Å². The number of carbonyl (C=O) groups is 1. The average Bonchev–Trinajstić information content (AvgIpc) is 3.15. The Balaban J connectivity index is 0.000000939. The van der Waals surface area contributed by atoms with Gasteiger partial charge in [-0.3, -0.25) is 10.8 Å². The van der Waals surface area contributed by atoms with Crippen LogP contribution in [0, 0.1) is 0 Å². The second-order valence-electron chi connectivity index (χ2n) is 9.83. The molecule has 0 radical (unpaired) electrons. The van der Waals surface area contributed by atoms with Crippen LogP contribution in [-0.4, -0.2) is 68.5 Å². The van der Waals surface area contributed by atoms with Crippen molar-refractivity contribution in [3.8, 4) is 5.75 Å². The molecule has 1 heterocycles. The van der Waals surface area contributed by atoms with Crippen molar-refractivity contribution < 1.29 is 27.8 Å². The van der Waals surface area contributed by atoms with Gasteiger partial charge in [-0.1, -0.05) is 50.1 Å². The number of alkyl halides is 3. The van der Waals surface area contributed by atoms with Crippen molar-refractivity contribution >= 4 is 29.0 Å². The number of benzene rings is 2. The normalized spacial score (nSPS) is 15.5. The summed E-state index contributed by atoms with van der Waals surface area (Å²) in [6.07, 6.45) is 1.01. The van der Waals surface area contributed by atoms with Crippen molar-refractivity contribution in [1.29, 1.82) is 0 Å². The maximum absolute atomic E-state index is 10.6. The summed E-state index contributed by atoms with van der Waals surface area (Å²) in [6.45, 7) is 14.2. The summed E-state index contributed by atoms with van der Waals surface area (Å²) in [5.41, 5.74) is 12.2. The van der Waals surface area contributed by atoms with Gasteiger partial charge in [0, 0.05) is 27.9 Å². The zero-order valence-electron chi connectivity index (χ0n) is 27.1. The fourth-order valence-corrected chi connectivity index (χ4v) is 4.43. The Hall–Kier alpha value is -3.16. The van der Waals surface area contributed by atoms with Crippen molar-refractivity contribution in [3.05, 3.63) is 71.3 Å². The van der Waals surface area contributed by atoms with Crippen LogP contribution in [-0.2, 0) is 4.79 Å². The molecular weight excluding hydrogens is 609 g/mol. The lowest BCUT2D eigenvalue weighted by Gasteiger charge is -2.38. The number of unbranched alkanes of at least 4 members (excludes halogenated alkanes) is 2. The standard InChI is InChI=1S/C22H27ClN4O.C6H16N2.C2HF3O2.C2H6/c1-5-6-19-22(26-24)27(14(2)3)20-12-11-17(28-4)13-18(20)21(25-19)15-7-9-16(23)10-8-15;1-8-6-4-2-3-5-7;3-2(4,5)1(6)7;1-2/h5,7-14,19,22,26H,1,6,24H2,2-4H3;8H,2-7H2,1H3;(H,6,7);1-2H3/t19-,22?;;;/m0.../s1. The maximum Gasteiger partial charge on any atom is 0.490 e. The molecule has 0 saturated heterocycles. The monoisotopic (exact) mass is 658 g/mol. The Kier molecular flexibility index (Phi) is 20.8. The third-order valence-electron chi connectivity index (χ3n) is 6.32. The highest BCUT2D eigenvalue weighted by atomic mass is 35.5. The van der Waals surface area contributed by atoms with Gasteiger partial charge in [0.15, 0.2) is 0 Å². The molecule has 0 aliphatic carbocycles. The highest BCUT2D eigenvalue weighted by Gasteiger charge is 2.38. The van der Waals surface area contributed by atoms with Crippen LogP contribution in [0.25, 0.3) is 0 Å². The molecule has 2 aromatic carbocycles. The van der Waals surface area contributed by atoms with E-state index in [1.54, 1.807) is 7.11 Å². The molecule has 0 fully saturated rings. The van der Waals surface area contributed by atoms with E-state index in [0.717, 1.165) is 41.4 Å². The van der Waals surface area contributed by atoms with Gasteiger partial charge in [0.2, 0.25) is 0 Å². The number of hydrogen-bond donors (Lipinski definition) is 5. The molecule has 0 saturated carbocycles. The highest BCUT2D eigenvalue weighted by molar-refractivity contribution is 6.30. The summed E-state index contributed by atoms with van der Waals surface area (Å²) in [4.78, 5) is 16.3. The number of anilines is 1. The Morgan fingerprint density at radius 1 is 1.18 bits per heavy atom. The van der Waals surface area contributed by atoms with E-state index in [1.165, 1.54) is 19.3 Å². The lowest BCUT2D eigenvalue weighted by Crippen LogP contribution is -2.57. The van der Waals surface area contributed by atoms with E-state index >= 15 is 0 Å². The number of carboxylic acids is 1. The smallest absolute Gasteiger partial charge is 0.490 e. The van der Waals surface area contributed by atoms with Crippen molar-refractivity contribution in [2.75, 3.05) is 32.1 Å². The minimum atomic E-state index is -5.08. The van der Waals surface area contributed by atoms with E-state index in [1.807, 2.05) is 63.4 Å².